The van der Waals surface area contributed by atoms with Crippen LogP contribution in [0.1, 0.15) is 63.4 Å². The first kappa shape index (κ1) is 17.5. The summed E-state index contributed by atoms with van der Waals surface area (Å²) in [4.78, 5) is 12.4. The average Bonchev–Trinajstić information content (AvgIpc) is 2.64. The number of piperidine rings is 1. The monoisotopic (exact) mass is 328 g/mol. The van der Waals surface area contributed by atoms with Gasteiger partial charge in [0.15, 0.2) is 0 Å². The fraction of sp³-hybridized carbons (Fsp3) is 0.667. The summed E-state index contributed by atoms with van der Waals surface area (Å²) < 4.78 is 0. The third-order valence-corrected chi connectivity index (χ3v) is 6.01. The third-order valence-electron chi connectivity index (χ3n) is 6.01. The molecule has 2 unspecified atom stereocenters. The number of rotatable bonds is 5. The second kappa shape index (κ2) is 8.66. The standard InChI is InChI=1S/C21H32N2O/c1-16(19-8-5-13-22-15-19)14-21(24)23-20-11-9-18(10-12-20)17-6-3-2-4-7-17/h2-4,6-7,16,18-20,22H,5,8-15H2,1H3,(H,23,24). The van der Waals surface area contributed by atoms with Crippen molar-refractivity contribution in [3.63, 3.8) is 0 Å². The molecule has 1 saturated heterocycles. The Morgan fingerprint density at radius 3 is 2.58 bits per heavy atom. The SMILES string of the molecule is CC(CC(=O)NC1CCC(c2ccccc2)CC1)C1CCCNC1. The topological polar surface area (TPSA) is 41.1 Å². The van der Waals surface area contributed by atoms with Crippen molar-refractivity contribution in [2.75, 3.05) is 13.1 Å². The lowest BCUT2D eigenvalue weighted by Gasteiger charge is -2.31. The number of carbonyl (C=O) groups excluding carboxylic acids is 1. The number of hydrogen-bond donors (Lipinski definition) is 2. The first-order chi connectivity index (χ1) is 11.7. The van der Waals surface area contributed by atoms with Crippen molar-refractivity contribution in [1.82, 2.24) is 10.6 Å². The number of hydrogen-bond acceptors (Lipinski definition) is 2. The molecule has 1 aliphatic heterocycles. The molecule has 3 heteroatoms. The molecule has 2 atom stereocenters. The van der Waals surface area contributed by atoms with Gasteiger partial charge in [-0.3, -0.25) is 4.79 Å². The Kier molecular flexibility index (Phi) is 6.30. The van der Waals surface area contributed by atoms with Gasteiger partial charge in [-0.25, -0.2) is 0 Å². The summed E-state index contributed by atoms with van der Waals surface area (Å²) in [6.45, 7) is 4.46. The third kappa shape index (κ3) is 4.83. The molecular formula is C21H32N2O. The van der Waals surface area contributed by atoms with Gasteiger partial charge in [0, 0.05) is 12.5 Å². The van der Waals surface area contributed by atoms with E-state index in [0.29, 0.717) is 30.2 Å². The van der Waals surface area contributed by atoms with Crippen molar-refractivity contribution < 1.29 is 4.79 Å². The van der Waals surface area contributed by atoms with Crippen LogP contribution >= 0.6 is 0 Å². The summed E-state index contributed by atoms with van der Waals surface area (Å²) in [5, 5.41) is 6.76. The van der Waals surface area contributed by atoms with Gasteiger partial charge in [0.25, 0.3) is 0 Å². The van der Waals surface area contributed by atoms with Gasteiger partial charge in [0.1, 0.15) is 0 Å². The van der Waals surface area contributed by atoms with Crippen LogP contribution in [0.25, 0.3) is 0 Å². The van der Waals surface area contributed by atoms with Crippen LogP contribution in [0.2, 0.25) is 0 Å². The first-order valence-corrected chi connectivity index (χ1v) is 9.77. The first-order valence-electron chi connectivity index (χ1n) is 9.77. The van der Waals surface area contributed by atoms with E-state index < -0.39 is 0 Å². The molecule has 0 bridgehead atoms. The van der Waals surface area contributed by atoms with Crippen molar-refractivity contribution in [1.29, 1.82) is 0 Å². The van der Waals surface area contributed by atoms with E-state index in [0.717, 1.165) is 25.9 Å². The van der Waals surface area contributed by atoms with E-state index in [9.17, 15) is 4.79 Å². The maximum atomic E-state index is 12.4. The number of carbonyl (C=O) groups is 1. The van der Waals surface area contributed by atoms with E-state index in [1.165, 1.54) is 31.2 Å². The van der Waals surface area contributed by atoms with E-state index in [1.54, 1.807) is 0 Å². The fourth-order valence-electron chi connectivity index (χ4n) is 4.41. The summed E-state index contributed by atoms with van der Waals surface area (Å²) in [6, 6.07) is 11.2. The molecule has 0 spiro atoms. The molecule has 3 rings (SSSR count). The zero-order valence-corrected chi connectivity index (χ0v) is 15.0. The summed E-state index contributed by atoms with van der Waals surface area (Å²) in [7, 11) is 0. The molecule has 0 radical (unpaired) electrons. The normalized spacial score (nSPS) is 29.0. The van der Waals surface area contributed by atoms with Crippen LogP contribution < -0.4 is 10.6 Å². The molecule has 1 saturated carbocycles. The van der Waals surface area contributed by atoms with E-state index in [1.807, 2.05) is 0 Å². The largest absolute Gasteiger partial charge is 0.353 e. The fourth-order valence-corrected chi connectivity index (χ4v) is 4.41. The van der Waals surface area contributed by atoms with Crippen LogP contribution in [-0.4, -0.2) is 25.0 Å². The van der Waals surface area contributed by atoms with Crippen LogP contribution in [0.4, 0.5) is 0 Å². The highest BCUT2D eigenvalue weighted by Crippen LogP contribution is 2.32. The molecule has 1 aliphatic carbocycles. The highest BCUT2D eigenvalue weighted by molar-refractivity contribution is 5.76. The minimum absolute atomic E-state index is 0.260. The van der Waals surface area contributed by atoms with Gasteiger partial charge in [0.2, 0.25) is 5.91 Å². The average molecular weight is 329 g/mol. The zero-order chi connectivity index (χ0) is 16.8. The van der Waals surface area contributed by atoms with Crippen LogP contribution in [0.5, 0.6) is 0 Å². The molecule has 1 amide bonds. The second-order valence-corrected chi connectivity index (χ2v) is 7.81. The summed E-state index contributed by atoms with van der Waals surface area (Å²) in [5.74, 6) is 2.08. The Morgan fingerprint density at radius 1 is 1.17 bits per heavy atom. The smallest absolute Gasteiger partial charge is 0.220 e. The van der Waals surface area contributed by atoms with Crippen molar-refractivity contribution >= 4 is 5.91 Å². The predicted octanol–water partition coefficient (Wildman–Crippen LogP) is 3.85. The van der Waals surface area contributed by atoms with Crippen LogP contribution in [0.3, 0.4) is 0 Å². The van der Waals surface area contributed by atoms with E-state index in [4.69, 9.17) is 0 Å². The lowest BCUT2D eigenvalue weighted by Crippen LogP contribution is -2.40. The highest BCUT2D eigenvalue weighted by atomic mass is 16.1. The zero-order valence-electron chi connectivity index (χ0n) is 15.0. The molecule has 2 fully saturated rings. The Morgan fingerprint density at radius 2 is 1.92 bits per heavy atom. The molecule has 1 aromatic carbocycles. The Balaban J connectivity index is 1.40. The maximum Gasteiger partial charge on any atom is 0.220 e. The van der Waals surface area contributed by atoms with Crippen molar-refractivity contribution in [2.24, 2.45) is 11.8 Å². The van der Waals surface area contributed by atoms with Crippen molar-refractivity contribution in [3.05, 3.63) is 35.9 Å². The Hall–Kier alpha value is -1.35. The van der Waals surface area contributed by atoms with Crippen LogP contribution in [0, 0.1) is 11.8 Å². The summed E-state index contributed by atoms with van der Waals surface area (Å²) in [6.07, 6.45) is 7.82. The van der Waals surface area contributed by atoms with Crippen molar-refractivity contribution in [2.45, 2.75) is 63.8 Å². The molecule has 132 valence electrons. The maximum absolute atomic E-state index is 12.4. The predicted molar refractivity (Wildman–Crippen MR) is 99.0 cm³/mol. The molecule has 1 heterocycles. The van der Waals surface area contributed by atoms with Gasteiger partial charge < -0.3 is 10.6 Å². The quantitative estimate of drug-likeness (QED) is 0.862. The second-order valence-electron chi connectivity index (χ2n) is 7.81. The van der Waals surface area contributed by atoms with E-state index >= 15 is 0 Å². The summed E-state index contributed by atoms with van der Waals surface area (Å²) in [5.41, 5.74) is 1.46. The lowest BCUT2D eigenvalue weighted by atomic mass is 9.81. The minimum atomic E-state index is 0.260. The van der Waals surface area contributed by atoms with Gasteiger partial charge in [-0.05, 0) is 74.9 Å². The molecular weight excluding hydrogens is 296 g/mol. The van der Waals surface area contributed by atoms with Gasteiger partial charge in [-0.15, -0.1) is 0 Å². The van der Waals surface area contributed by atoms with Crippen LogP contribution in [0.15, 0.2) is 30.3 Å². The van der Waals surface area contributed by atoms with E-state index in [-0.39, 0.29) is 5.91 Å². The minimum Gasteiger partial charge on any atom is -0.353 e. The van der Waals surface area contributed by atoms with Crippen LogP contribution in [-0.2, 0) is 4.79 Å². The van der Waals surface area contributed by atoms with Gasteiger partial charge in [0.05, 0.1) is 0 Å². The van der Waals surface area contributed by atoms with E-state index in [2.05, 4.69) is 47.9 Å². The van der Waals surface area contributed by atoms with Crippen molar-refractivity contribution in [3.8, 4) is 0 Å². The number of nitrogens with one attached hydrogen (secondary N) is 2. The number of benzene rings is 1. The highest BCUT2D eigenvalue weighted by Gasteiger charge is 2.26. The van der Waals surface area contributed by atoms with Gasteiger partial charge in [-0.2, -0.15) is 0 Å². The Bertz CT molecular complexity index is 502. The molecule has 24 heavy (non-hydrogen) atoms. The van der Waals surface area contributed by atoms with Gasteiger partial charge in [-0.1, -0.05) is 37.3 Å². The molecule has 1 aromatic rings. The molecule has 2 N–H and O–H groups in total. The lowest BCUT2D eigenvalue weighted by molar-refractivity contribution is -0.123. The molecule has 3 nitrogen and oxygen atoms in total. The van der Waals surface area contributed by atoms with Gasteiger partial charge >= 0.3 is 0 Å². The molecule has 2 aliphatic rings. The number of amides is 1. The Labute approximate surface area is 146 Å². The molecule has 0 aromatic heterocycles. The summed E-state index contributed by atoms with van der Waals surface area (Å²) >= 11 is 0.